The fourth-order valence-electron chi connectivity index (χ4n) is 2.18. The fourth-order valence-corrected chi connectivity index (χ4v) is 3.50. The topological polar surface area (TPSA) is 72.2 Å². The van der Waals surface area contributed by atoms with Crippen LogP contribution in [0.2, 0.25) is 0 Å². The van der Waals surface area contributed by atoms with E-state index in [1.807, 2.05) is 0 Å². The highest BCUT2D eigenvalue weighted by Crippen LogP contribution is 2.33. The van der Waals surface area contributed by atoms with Crippen LogP contribution in [-0.4, -0.2) is 21.0 Å². The first-order valence-corrected chi connectivity index (χ1v) is 8.41. The molecule has 1 atom stereocenters. The van der Waals surface area contributed by atoms with Crippen LogP contribution >= 0.6 is 0 Å². The maximum atomic E-state index is 14.0. The van der Waals surface area contributed by atoms with Gasteiger partial charge in [0.1, 0.15) is 10.7 Å². The van der Waals surface area contributed by atoms with Crippen molar-refractivity contribution in [1.29, 1.82) is 0 Å². The van der Waals surface area contributed by atoms with Crippen molar-refractivity contribution in [3.05, 3.63) is 29.6 Å². The predicted molar refractivity (Wildman–Crippen MR) is 79.5 cm³/mol. The Morgan fingerprint density at radius 1 is 1.48 bits per heavy atom. The summed E-state index contributed by atoms with van der Waals surface area (Å²) in [4.78, 5) is -0.344. The molecular weight excluding hydrogens is 291 g/mol. The van der Waals surface area contributed by atoms with Crippen LogP contribution in [0.3, 0.4) is 0 Å². The number of nitrogens with two attached hydrogens (primary N) is 1. The Morgan fingerprint density at radius 2 is 2.19 bits per heavy atom. The van der Waals surface area contributed by atoms with E-state index in [1.165, 1.54) is 12.1 Å². The Hall–Kier alpha value is -1.42. The second-order valence-corrected chi connectivity index (χ2v) is 7.03. The van der Waals surface area contributed by atoms with Crippen molar-refractivity contribution in [2.75, 3.05) is 6.54 Å². The molecule has 1 unspecified atom stereocenters. The largest absolute Gasteiger partial charge is 0.320 e. The lowest BCUT2D eigenvalue weighted by molar-refractivity contribution is 0.520. The zero-order chi connectivity index (χ0) is 15.5. The van der Waals surface area contributed by atoms with Gasteiger partial charge in [-0.2, -0.15) is 0 Å². The van der Waals surface area contributed by atoms with Crippen LogP contribution in [0.25, 0.3) is 0 Å². The van der Waals surface area contributed by atoms with E-state index in [0.717, 1.165) is 25.3 Å². The van der Waals surface area contributed by atoms with E-state index in [1.54, 1.807) is 6.92 Å². The molecule has 1 aromatic rings. The van der Waals surface area contributed by atoms with Gasteiger partial charge in [-0.25, -0.2) is 17.5 Å². The predicted octanol–water partition coefficient (Wildman–Crippen LogP) is 1.60. The third kappa shape index (κ3) is 4.53. The summed E-state index contributed by atoms with van der Waals surface area (Å²) >= 11 is 0. The summed E-state index contributed by atoms with van der Waals surface area (Å²) < 4.78 is 40.9. The Kier molecular flexibility index (Phi) is 4.99. The second-order valence-electron chi connectivity index (χ2n) is 5.35. The molecule has 4 nitrogen and oxygen atoms in total. The Bertz CT molecular complexity index is 673. The molecule has 0 aromatic heterocycles. The third-order valence-electron chi connectivity index (χ3n) is 3.30. The van der Waals surface area contributed by atoms with Crippen LogP contribution < -0.4 is 10.5 Å². The van der Waals surface area contributed by atoms with E-state index < -0.39 is 15.8 Å². The molecule has 1 fully saturated rings. The van der Waals surface area contributed by atoms with Crippen molar-refractivity contribution in [2.45, 2.75) is 37.1 Å². The molecule has 0 saturated heterocycles. The van der Waals surface area contributed by atoms with Gasteiger partial charge in [0, 0.05) is 11.6 Å². The molecule has 0 heterocycles. The van der Waals surface area contributed by atoms with Gasteiger partial charge in [-0.3, -0.25) is 0 Å². The van der Waals surface area contributed by atoms with E-state index in [9.17, 15) is 12.8 Å². The molecule has 3 N–H and O–H groups in total. The van der Waals surface area contributed by atoms with E-state index in [0.29, 0.717) is 11.5 Å². The molecule has 21 heavy (non-hydrogen) atoms. The first kappa shape index (κ1) is 16.0. The van der Waals surface area contributed by atoms with Crippen molar-refractivity contribution in [2.24, 2.45) is 11.7 Å². The monoisotopic (exact) mass is 310 g/mol. The Balaban J connectivity index is 2.15. The van der Waals surface area contributed by atoms with Crippen molar-refractivity contribution in [3.63, 3.8) is 0 Å². The van der Waals surface area contributed by atoms with Crippen LogP contribution in [0.1, 0.15) is 31.7 Å². The first-order valence-electron chi connectivity index (χ1n) is 6.93. The Morgan fingerprint density at radius 3 is 2.76 bits per heavy atom. The molecule has 0 amide bonds. The molecule has 1 aromatic carbocycles. The summed E-state index contributed by atoms with van der Waals surface area (Å²) in [6, 6.07) is 3.63. The lowest BCUT2D eigenvalue weighted by Crippen LogP contribution is -2.33. The van der Waals surface area contributed by atoms with Gasteiger partial charge >= 0.3 is 0 Å². The van der Waals surface area contributed by atoms with Crippen molar-refractivity contribution in [1.82, 2.24) is 4.72 Å². The zero-order valence-corrected chi connectivity index (χ0v) is 12.7. The van der Waals surface area contributed by atoms with E-state index in [4.69, 9.17) is 5.73 Å². The molecule has 0 spiro atoms. The van der Waals surface area contributed by atoms with Crippen LogP contribution in [0.5, 0.6) is 0 Å². The van der Waals surface area contributed by atoms with E-state index in [-0.39, 0.29) is 17.5 Å². The average Bonchev–Trinajstić information content (AvgIpc) is 3.19. The minimum Gasteiger partial charge on any atom is -0.320 e. The number of hydrogen-bond donors (Lipinski definition) is 2. The zero-order valence-electron chi connectivity index (χ0n) is 11.9. The number of sulfonamides is 1. The van der Waals surface area contributed by atoms with Crippen LogP contribution in [0.15, 0.2) is 23.1 Å². The number of hydrogen-bond acceptors (Lipinski definition) is 3. The van der Waals surface area contributed by atoms with Gasteiger partial charge in [0.25, 0.3) is 0 Å². The molecule has 1 aliphatic rings. The van der Waals surface area contributed by atoms with Gasteiger partial charge in [-0.15, -0.1) is 0 Å². The minimum atomic E-state index is -3.84. The van der Waals surface area contributed by atoms with E-state index in [2.05, 4.69) is 16.6 Å². The number of halogens is 1. The molecule has 1 saturated carbocycles. The van der Waals surface area contributed by atoms with Gasteiger partial charge in [0.2, 0.25) is 10.0 Å². The van der Waals surface area contributed by atoms with E-state index >= 15 is 0 Å². The summed E-state index contributed by atoms with van der Waals surface area (Å²) in [5.74, 6) is 5.06. The summed E-state index contributed by atoms with van der Waals surface area (Å²) in [5, 5.41) is 0. The molecule has 2 rings (SSSR count). The molecular formula is C15H19FN2O2S. The number of nitrogens with one attached hydrogen (secondary N) is 1. The van der Waals surface area contributed by atoms with Crippen molar-refractivity contribution >= 4 is 10.0 Å². The van der Waals surface area contributed by atoms with Crippen LogP contribution in [-0.2, 0) is 10.0 Å². The normalized spacial score (nSPS) is 16.1. The van der Waals surface area contributed by atoms with Crippen LogP contribution in [0, 0.1) is 23.6 Å². The standard InChI is InChI=1S/C15H19FN2O2S/c1-11(9-13-4-5-13)18-21(19,20)15-7-6-12(3-2-8-17)10-14(15)16/h6-7,10-11,13,18H,4-5,8-9,17H2,1H3. The smallest absolute Gasteiger partial charge is 0.243 e. The van der Waals surface area contributed by atoms with Crippen molar-refractivity contribution < 1.29 is 12.8 Å². The Labute approximate surface area is 125 Å². The highest BCUT2D eigenvalue weighted by molar-refractivity contribution is 7.89. The average molecular weight is 310 g/mol. The molecule has 0 aliphatic heterocycles. The molecule has 6 heteroatoms. The highest BCUT2D eigenvalue weighted by Gasteiger charge is 2.27. The molecule has 0 bridgehead atoms. The quantitative estimate of drug-likeness (QED) is 0.812. The molecule has 1 aliphatic carbocycles. The number of rotatable bonds is 5. The second kappa shape index (κ2) is 6.56. The summed E-state index contributed by atoms with van der Waals surface area (Å²) in [6.07, 6.45) is 3.09. The lowest BCUT2D eigenvalue weighted by atomic mass is 10.2. The SMILES string of the molecule is CC(CC1CC1)NS(=O)(=O)c1ccc(C#CCN)cc1F. The van der Waals surface area contributed by atoms with Gasteiger partial charge < -0.3 is 5.73 Å². The van der Waals surface area contributed by atoms with Gasteiger partial charge in [-0.05, 0) is 37.5 Å². The van der Waals surface area contributed by atoms with Gasteiger partial charge in [0.05, 0.1) is 6.54 Å². The molecule has 114 valence electrons. The van der Waals surface area contributed by atoms with Crippen LogP contribution in [0.4, 0.5) is 4.39 Å². The fraction of sp³-hybridized carbons (Fsp3) is 0.467. The molecule has 0 radical (unpaired) electrons. The minimum absolute atomic E-state index is 0.169. The maximum absolute atomic E-state index is 14.0. The number of benzene rings is 1. The lowest BCUT2D eigenvalue weighted by Gasteiger charge is -2.14. The third-order valence-corrected chi connectivity index (χ3v) is 4.92. The summed E-state index contributed by atoms with van der Waals surface area (Å²) in [6.45, 7) is 1.97. The highest BCUT2D eigenvalue weighted by atomic mass is 32.2. The van der Waals surface area contributed by atoms with Crippen molar-refractivity contribution in [3.8, 4) is 11.8 Å². The first-order chi connectivity index (χ1) is 9.92. The van der Waals surface area contributed by atoms with Gasteiger partial charge in [-0.1, -0.05) is 24.7 Å². The summed E-state index contributed by atoms with van der Waals surface area (Å²) in [5.41, 5.74) is 5.65. The van der Waals surface area contributed by atoms with Gasteiger partial charge in [0.15, 0.2) is 0 Å². The summed E-state index contributed by atoms with van der Waals surface area (Å²) in [7, 11) is -3.84. The maximum Gasteiger partial charge on any atom is 0.243 e.